The largest absolute Gasteiger partial charge is 0.623 e. The third-order valence-corrected chi connectivity index (χ3v) is 6.96. The van der Waals surface area contributed by atoms with Crippen molar-refractivity contribution in [3.05, 3.63) is 28.5 Å². The number of benzene rings is 1. The van der Waals surface area contributed by atoms with Crippen LogP contribution in [0.25, 0.3) is 0 Å². The summed E-state index contributed by atoms with van der Waals surface area (Å²) in [6.07, 6.45) is 1.64. The average molecular weight is 462 g/mol. The second-order valence-corrected chi connectivity index (χ2v) is 9.30. The van der Waals surface area contributed by atoms with Crippen LogP contribution in [0.5, 0.6) is 0 Å². The van der Waals surface area contributed by atoms with Gasteiger partial charge in [-0.15, -0.1) is 0 Å². The van der Waals surface area contributed by atoms with E-state index in [2.05, 4.69) is 8.37 Å². The fourth-order valence-corrected chi connectivity index (χ4v) is 4.05. The van der Waals surface area contributed by atoms with E-state index < -0.39 is 25.8 Å². The molecular formula is C15H91NO7S2. The monoisotopic (exact) mass is 462 g/mol. The predicted molar refractivity (Wildman–Crippen MR) is 165 cm³/mol. The molecule has 0 N–H and O–H groups in total. The first-order valence-corrected chi connectivity index (χ1v) is 10.2. The van der Waals surface area contributed by atoms with Gasteiger partial charge in [0.15, 0.2) is 11.8 Å². The first-order valence-electron chi connectivity index (χ1n) is 7.40. The van der Waals surface area contributed by atoms with E-state index in [0.717, 1.165) is 20.4 Å². The minimum atomic E-state index is -4.27. The fourth-order valence-electron chi connectivity index (χ4n) is 2.03. The summed E-state index contributed by atoms with van der Waals surface area (Å²) >= 11 is 0. The molecule has 0 saturated carbocycles. The van der Waals surface area contributed by atoms with Crippen LogP contribution in [0.4, 0.5) is 0 Å². The second kappa shape index (κ2) is 7.40. The van der Waals surface area contributed by atoms with Crippen molar-refractivity contribution >= 4 is 26.5 Å². The van der Waals surface area contributed by atoms with Crippen LogP contribution in [0.1, 0.15) is 86.8 Å². The van der Waals surface area contributed by atoms with Crippen molar-refractivity contribution in [3.8, 4) is 0 Å². The maximum Gasteiger partial charge on any atom is 0.297 e. The van der Waals surface area contributed by atoms with Gasteiger partial charge in [0.05, 0.1) is 24.7 Å². The van der Waals surface area contributed by atoms with Crippen LogP contribution >= 0.6 is 0 Å². The summed E-state index contributed by atoms with van der Waals surface area (Å²) in [5.41, 5.74) is -0.815. The molecule has 0 atom stereocenters. The van der Waals surface area contributed by atoms with Crippen LogP contribution in [0.2, 0.25) is 0 Å². The first kappa shape index (κ1) is 21.6. The van der Waals surface area contributed by atoms with Gasteiger partial charge < -0.3 is 5.21 Å². The maximum absolute atomic E-state index is 12.4. The summed E-state index contributed by atoms with van der Waals surface area (Å²) in [4.78, 5) is -0.698. The Bertz CT molecular complexity index is 943. The predicted octanol–water partition coefficient (Wildman–Crippen LogP) is 10.1. The van der Waals surface area contributed by atoms with Gasteiger partial charge in [-0.2, -0.15) is 16.8 Å². The van der Waals surface area contributed by atoms with Crippen LogP contribution in [0, 0.1) is 12.1 Å². The lowest BCUT2D eigenvalue weighted by Crippen LogP contribution is -2.32. The van der Waals surface area contributed by atoms with Gasteiger partial charge in [0.2, 0.25) is 0 Å². The van der Waals surface area contributed by atoms with Crippen LogP contribution in [0.15, 0.2) is 21.9 Å². The van der Waals surface area contributed by atoms with E-state index >= 15 is 0 Å². The van der Waals surface area contributed by atoms with Crippen molar-refractivity contribution in [1.29, 1.82) is 0 Å². The highest BCUT2D eigenvalue weighted by molar-refractivity contribution is 7.87. The summed E-state index contributed by atoms with van der Waals surface area (Å²) < 4.78 is 58.2. The third kappa shape index (κ3) is 4.38. The molecule has 0 spiro atoms. The molecule has 210 valence electrons. The van der Waals surface area contributed by atoms with Gasteiger partial charge in [0.1, 0.15) is 4.90 Å². The summed E-state index contributed by atoms with van der Waals surface area (Å²) in [6, 6.07) is 2.43. The molecule has 25 heavy (non-hydrogen) atoms. The molecule has 0 aliphatic carbocycles. The molecule has 0 fully saturated rings. The zero-order valence-electron chi connectivity index (χ0n) is 15.1. The quantitative estimate of drug-likeness (QED) is 0.130. The zero-order valence-corrected chi connectivity index (χ0v) is 16.7. The number of hydrogen-bond donors (Lipinski definition) is 0. The van der Waals surface area contributed by atoms with Crippen molar-refractivity contribution < 1.29 is 78.4 Å². The Morgan fingerprint density at radius 1 is 1.16 bits per heavy atom. The number of rotatable bonds is 7. The lowest BCUT2D eigenvalue weighted by molar-refractivity contribution is -0.536. The molecule has 1 aromatic carbocycles. The molecule has 0 aliphatic rings. The van der Waals surface area contributed by atoms with Crippen molar-refractivity contribution in [2.75, 3.05) is 14.2 Å². The summed E-state index contributed by atoms with van der Waals surface area (Å²) in [5, 5.41) is 12.4. The van der Waals surface area contributed by atoms with Gasteiger partial charge in [-0.1, -0.05) is 6.92 Å². The Kier molecular flexibility index (Phi) is 6.38. The molecule has 0 radical (unpaired) electrons. The van der Waals surface area contributed by atoms with E-state index in [-0.39, 0.29) is 69.4 Å². The highest BCUT2D eigenvalue weighted by Gasteiger charge is 2.30. The molecule has 0 amide bonds. The Hall–Kier alpha value is -1.49. The summed E-state index contributed by atoms with van der Waals surface area (Å²) in [5.74, 6) is 0. The molecule has 0 saturated heterocycles. The van der Waals surface area contributed by atoms with Gasteiger partial charge in [-0.25, -0.2) is 4.74 Å². The van der Waals surface area contributed by atoms with Crippen LogP contribution < -0.4 is 0 Å². The zero-order chi connectivity index (χ0) is 19.6. The smallest absolute Gasteiger partial charge is 0.297 e. The van der Waals surface area contributed by atoms with Crippen molar-refractivity contribution in [2.45, 2.75) is 49.4 Å². The van der Waals surface area contributed by atoms with Gasteiger partial charge >= 0.3 is 0 Å². The molecule has 0 unspecified atom stereocenters. The van der Waals surface area contributed by atoms with E-state index in [1.165, 1.54) is 19.1 Å². The van der Waals surface area contributed by atoms with E-state index in [0.29, 0.717) is 11.2 Å². The summed E-state index contributed by atoms with van der Waals surface area (Å²) in [7, 11) is -6.45. The number of hydrogen-bond acceptors (Lipinski definition) is 7. The molecule has 0 heterocycles. The lowest BCUT2D eigenvalue weighted by Gasteiger charge is -2.22. The Labute approximate surface area is 199 Å². The molecule has 0 bridgehead atoms. The molecule has 0 aromatic heterocycles. The SMILES string of the molecule is CCC(C)(C)/[N+]([O-])=C/c1ccc(S(=O)(=O)OC)c(C)c1S(=O)(=O)OC.[HH].[HH].[HH].[HH].[HH].[HH].[HH].[HH].[HH].[HH].[HH].[HH].[HH].[HH].[HH].[HH].[HH].[HH].[HH].[HH].[HH].[HH].[HH].[HH].[HH].[HH].[HH].[HH].[HH].[HH].[HH].[HH].[HH].[HH]. The topological polar surface area (TPSA) is 113 Å². The van der Waals surface area contributed by atoms with Crippen molar-refractivity contribution in [1.82, 2.24) is 0 Å². The van der Waals surface area contributed by atoms with Gasteiger partial charge in [-0.05, 0) is 24.6 Å². The highest BCUT2D eigenvalue weighted by Crippen LogP contribution is 2.28. The first-order chi connectivity index (χ1) is 11.3. The van der Waals surface area contributed by atoms with E-state index in [4.69, 9.17) is 0 Å². The maximum atomic E-state index is 12.4. The molecular weight excluding hydrogens is 370 g/mol. The minimum Gasteiger partial charge on any atom is -0.623 e. The fraction of sp³-hybridized carbons (Fsp3) is 0.533. The van der Waals surface area contributed by atoms with Crippen molar-refractivity contribution in [3.63, 3.8) is 0 Å². The lowest BCUT2D eigenvalue weighted by atomic mass is 10.0. The highest BCUT2D eigenvalue weighted by atomic mass is 32.2. The molecule has 10 heteroatoms. The number of hydroxylamine groups is 1. The van der Waals surface area contributed by atoms with Gasteiger partial charge in [0.25, 0.3) is 20.2 Å². The normalized spacial score (nSPS) is 13.9. The van der Waals surface area contributed by atoms with E-state index in [1.54, 1.807) is 13.8 Å². The van der Waals surface area contributed by atoms with E-state index in [9.17, 15) is 22.0 Å². The van der Waals surface area contributed by atoms with Crippen LogP contribution in [0.3, 0.4) is 0 Å². The molecule has 8 nitrogen and oxygen atoms in total. The second-order valence-electron chi connectivity index (χ2n) is 5.97. The van der Waals surface area contributed by atoms with Gasteiger partial charge in [0, 0.05) is 68.8 Å². The Morgan fingerprint density at radius 3 is 2.12 bits per heavy atom. The van der Waals surface area contributed by atoms with Gasteiger partial charge in [-0.3, -0.25) is 8.37 Å². The summed E-state index contributed by atoms with van der Waals surface area (Å²) in [6.45, 7) is 6.55. The third-order valence-electron chi connectivity index (χ3n) is 4.06. The number of nitrogens with zero attached hydrogens (tertiary/aromatic N) is 1. The Balaban J connectivity index is -0.00000000574. The standard InChI is InChI=1S/C15H23NO7S2.34H2/c1-7-15(3,4)16(17)10-12-8-9-13(24(18,19)22-5)11(2)14(12)25(20,21)23-6;;;;;;;;;;;;;;;;;;;;;;;;;;;;;;;;;;/h8-10H,7H2,1-6H3;34*1H/b16-10-;;;;;;;;;;;;;;;;;;;;;;;;;;;;;;;;;;. The minimum absolute atomic E-state index is 0. The van der Waals surface area contributed by atoms with Crippen molar-refractivity contribution in [2.24, 2.45) is 0 Å². The molecule has 1 aromatic rings. The van der Waals surface area contributed by atoms with Crippen LogP contribution in [-0.2, 0) is 28.6 Å². The molecule has 1 rings (SSSR count). The van der Waals surface area contributed by atoms with E-state index in [1.807, 2.05) is 6.92 Å². The molecule has 0 aliphatic heterocycles. The Morgan fingerprint density at radius 2 is 1.68 bits per heavy atom. The van der Waals surface area contributed by atoms with Crippen LogP contribution in [-0.4, -0.2) is 47.5 Å². The average Bonchev–Trinajstić information content (AvgIpc) is 2.54.